The fourth-order valence-corrected chi connectivity index (χ4v) is 12.5. The Morgan fingerprint density at radius 3 is 2.20 bits per heavy atom. The minimum atomic E-state index is -0.249. The van der Waals surface area contributed by atoms with Gasteiger partial charge < -0.3 is 52.9 Å². The van der Waals surface area contributed by atoms with E-state index in [-0.39, 0.29) is 53.9 Å². The predicted octanol–water partition coefficient (Wildman–Crippen LogP) is 6.26. The number of aliphatic imine (C=N–C) groups is 1. The van der Waals surface area contributed by atoms with Crippen LogP contribution in [0.25, 0.3) is 0 Å². The topological polar surface area (TPSA) is 156 Å². The van der Waals surface area contributed by atoms with Gasteiger partial charge >= 0.3 is 0 Å². The summed E-state index contributed by atoms with van der Waals surface area (Å²) in [6.45, 7) is 6.97. The van der Waals surface area contributed by atoms with Crippen molar-refractivity contribution >= 4 is 24.4 Å². The average Bonchev–Trinajstić information content (AvgIpc) is 3.66. The van der Waals surface area contributed by atoms with Crippen molar-refractivity contribution in [1.29, 1.82) is 0 Å². The van der Waals surface area contributed by atoms with Crippen molar-refractivity contribution in [3.63, 3.8) is 0 Å². The van der Waals surface area contributed by atoms with Gasteiger partial charge in [-0.2, -0.15) is 0 Å². The van der Waals surface area contributed by atoms with Crippen LogP contribution in [0.1, 0.15) is 116 Å². The molecule has 8 aliphatic rings. The summed E-state index contributed by atoms with van der Waals surface area (Å²) in [5.41, 5.74) is 1.12. The Hall–Kier alpha value is -3.50. The van der Waals surface area contributed by atoms with Gasteiger partial charge in [-0.05, 0) is 68.3 Å². The molecule has 15 heteroatoms. The highest BCUT2D eigenvalue weighted by Gasteiger charge is 2.51. The molecular formula is C51H78N4O11. The van der Waals surface area contributed by atoms with Gasteiger partial charge in [-0.3, -0.25) is 19.5 Å². The molecule has 0 aromatic heterocycles. The molecule has 1 unspecified atom stereocenters. The first-order valence-electron chi connectivity index (χ1n) is 25.6. The Kier molecular flexibility index (Phi) is 17.9. The van der Waals surface area contributed by atoms with Crippen LogP contribution in [-0.4, -0.2) is 151 Å². The molecule has 2 saturated heterocycles. The van der Waals surface area contributed by atoms with E-state index in [0.29, 0.717) is 115 Å². The van der Waals surface area contributed by atoms with Crippen LogP contribution in [0, 0.1) is 29.6 Å². The molecule has 8 rings (SSSR count). The Morgan fingerprint density at radius 1 is 0.742 bits per heavy atom. The molecule has 66 heavy (non-hydrogen) atoms. The quantitative estimate of drug-likeness (QED) is 0.0700. The molecule has 4 fully saturated rings. The van der Waals surface area contributed by atoms with Gasteiger partial charge in [0.1, 0.15) is 35.9 Å². The lowest BCUT2D eigenvalue weighted by Crippen LogP contribution is -2.53. The number of hydrogen-bond donors (Lipinski definition) is 1. The number of fused-ring (bicyclic) bond motifs is 5. The molecule has 2 saturated carbocycles. The van der Waals surface area contributed by atoms with Crippen LogP contribution in [0.4, 0.5) is 0 Å². The van der Waals surface area contributed by atoms with Crippen LogP contribution in [0.2, 0.25) is 0 Å². The van der Waals surface area contributed by atoms with E-state index >= 15 is 0 Å². The number of carbonyl (C=O) groups is 3. The highest BCUT2D eigenvalue weighted by molar-refractivity contribution is 5.92. The van der Waals surface area contributed by atoms with Crippen LogP contribution in [-0.2, 0) is 52.3 Å². The molecule has 0 aromatic rings. The third-order valence-corrected chi connectivity index (χ3v) is 15.9. The van der Waals surface area contributed by atoms with Crippen LogP contribution in [0.3, 0.4) is 0 Å². The molecule has 0 radical (unpaired) electrons. The van der Waals surface area contributed by atoms with Crippen molar-refractivity contribution in [3.8, 4) is 0 Å². The second kappa shape index (κ2) is 24.2. The van der Waals surface area contributed by atoms with Gasteiger partial charge in [0.05, 0.1) is 97.4 Å². The van der Waals surface area contributed by atoms with Gasteiger partial charge in [-0.15, -0.1) is 0 Å². The number of methoxy groups -OCH3 is 2. The zero-order valence-corrected chi connectivity index (χ0v) is 40.0. The molecule has 0 spiro atoms. The number of rotatable bonds is 23. The van der Waals surface area contributed by atoms with Crippen LogP contribution < -0.4 is 5.32 Å². The predicted molar refractivity (Wildman–Crippen MR) is 247 cm³/mol. The summed E-state index contributed by atoms with van der Waals surface area (Å²) < 4.78 is 48.5. The van der Waals surface area contributed by atoms with E-state index in [9.17, 15) is 14.4 Å². The maximum absolute atomic E-state index is 14.3. The number of amides is 2. The zero-order chi connectivity index (χ0) is 45.8. The van der Waals surface area contributed by atoms with Crippen LogP contribution in [0.5, 0.6) is 0 Å². The van der Waals surface area contributed by atoms with Gasteiger partial charge in [0.2, 0.25) is 11.8 Å². The Labute approximate surface area is 392 Å². The van der Waals surface area contributed by atoms with Crippen molar-refractivity contribution in [2.45, 2.75) is 152 Å². The van der Waals surface area contributed by atoms with Gasteiger partial charge in [0.25, 0.3) is 0 Å². The Bertz CT molecular complexity index is 1770. The smallest absolute Gasteiger partial charge is 0.233 e. The summed E-state index contributed by atoms with van der Waals surface area (Å²) in [5, 5.41) is 3.82. The summed E-state index contributed by atoms with van der Waals surface area (Å²) in [5.74, 6) is 4.47. The molecule has 1 N–H and O–H groups in total. The van der Waals surface area contributed by atoms with Gasteiger partial charge in [0.15, 0.2) is 0 Å². The Balaban J connectivity index is 0.881. The van der Waals surface area contributed by atoms with Gasteiger partial charge in [-0.25, -0.2) is 0 Å². The minimum Gasteiger partial charge on any atom is -0.498 e. The average molecular weight is 923 g/mol. The third-order valence-electron chi connectivity index (χ3n) is 15.9. The minimum absolute atomic E-state index is 0.0169. The highest BCUT2D eigenvalue weighted by atomic mass is 16.6. The summed E-state index contributed by atoms with van der Waals surface area (Å²) in [4.78, 5) is 47.9. The first-order chi connectivity index (χ1) is 32.4. The largest absolute Gasteiger partial charge is 0.498 e. The highest BCUT2D eigenvalue weighted by Crippen LogP contribution is 2.45. The zero-order valence-electron chi connectivity index (χ0n) is 40.0. The molecule has 3 aliphatic heterocycles. The number of ether oxygens (including phenoxy) is 8. The molecular weight excluding hydrogens is 845 g/mol. The maximum atomic E-state index is 14.3. The van der Waals surface area contributed by atoms with Crippen LogP contribution >= 0.6 is 0 Å². The van der Waals surface area contributed by atoms with E-state index < -0.39 is 0 Å². The van der Waals surface area contributed by atoms with E-state index in [0.717, 1.165) is 86.4 Å². The number of nitrogens with zero attached hydrogens (tertiary/aromatic N) is 3. The summed E-state index contributed by atoms with van der Waals surface area (Å²) in [6, 6.07) is 0.731. The van der Waals surface area contributed by atoms with E-state index in [1.807, 2.05) is 11.2 Å². The lowest BCUT2D eigenvalue weighted by atomic mass is 9.79. The normalized spacial score (nSPS) is 33.4. The van der Waals surface area contributed by atoms with E-state index in [1.165, 1.54) is 32.1 Å². The summed E-state index contributed by atoms with van der Waals surface area (Å²) in [7, 11) is 3.37. The second-order valence-corrected chi connectivity index (χ2v) is 19.9. The molecule has 15 nitrogen and oxygen atoms in total. The third kappa shape index (κ3) is 11.8. The summed E-state index contributed by atoms with van der Waals surface area (Å²) in [6.07, 6.45) is 20.4. The van der Waals surface area contributed by atoms with E-state index in [2.05, 4.69) is 23.2 Å². The standard InChI is InChI=1S/C51H78N4O11/c1-4-36-10-5-7-12-44(36)54-33-53-43-29-49(46(59-2)26-40(43)50(54)57)66-32-35-22-34(23-39(24-35)64-21-20-63-19-18-62-17-16-61-15-9-14-56)31-65-48-28-42-41(27-47(48)60-3)51(58)55-38(30-52-42)25-37-11-6-8-13-45(37)55/h14,24,33-34,36-45,52H,4-13,15-23,25-32H2,1-3H3/t34-,36?,37+,38-,39-,40+,41-,42+,43-,44-,45+/m0/s1. The fourth-order valence-electron chi connectivity index (χ4n) is 12.5. The maximum Gasteiger partial charge on any atom is 0.233 e. The molecule has 3 heterocycles. The first-order valence-corrected chi connectivity index (χ1v) is 25.6. The first kappa shape index (κ1) is 48.9. The second-order valence-electron chi connectivity index (χ2n) is 19.9. The van der Waals surface area contributed by atoms with Gasteiger partial charge in [-0.1, -0.05) is 45.1 Å². The monoisotopic (exact) mass is 923 g/mol. The van der Waals surface area contributed by atoms with Gasteiger partial charge in [0, 0.05) is 62.8 Å². The van der Waals surface area contributed by atoms with E-state index in [1.54, 1.807) is 14.2 Å². The fraction of sp³-hybridized carbons (Fsp3) is 0.804. The molecule has 0 bridgehead atoms. The lowest BCUT2D eigenvalue weighted by Gasteiger charge is -2.43. The number of carbonyl (C=O) groups excluding carboxylic acids is 3. The lowest BCUT2D eigenvalue weighted by molar-refractivity contribution is -0.139. The van der Waals surface area contributed by atoms with Crippen molar-refractivity contribution in [2.24, 2.45) is 34.6 Å². The summed E-state index contributed by atoms with van der Waals surface area (Å²) >= 11 is 0. The molecule has 11 atom stereocenters. The van der Waals surface area contributed by atoms with E-state index in [4.69, 9.17) is 42.9 Å². The van der Waals surface area contributed by atoms with Crippen molar-refractivity contribution in [3.05, 3.63) is 34.7 Å². The number of hydrogen-bond acceptors (Lipinski definition) is 13. The van der Waals surface area contributed by atoms with Crippen LogP contribution in [0.15, 0.2) is 39.7 Å². The number of aldehydes is 1. The Morgan fingerprint density at radius 2 is 1.44 bits per heavy atom. The molecule has 5 aliphatic carbocycles. The molecule has 0 aromatic carbocycles. The SMILES string of the molecule is CCC1CCCC[C@@H]1N1C=N[C@H]2CC(OCC3=C[C@@H](OCCOCCOCCOCCC=O)C[C@@H](COC4=C(OC)C[C@@H]5C(=O)N6[C@H](CN[C@@H]5C4)C[C@H]4CCCC[C@H]46)C3)=C(OC)C[C@H]2C1=O. The van der Waals surface area contributed by atoms with Crippen molar-refractivity contribution in [2.75, 3.05) is 80.2 Å². The molecule has 368 valence electrons. The van der Waals surface area contributed by atoms with Crippen molar-refractivity contribution < 1.29 is 52.3 Å². The number of nitrogens with one attached hydrogen (secondary N) is 1. The number of allylic oxidation sites excluding steroid dienone is 2. The molecule has 2 amide bonds. The van der Waals surface area contributed by atoms with Crippen molar-refractivity contribution in [1.82, 2.24) is 15.1 Å².